The molecule has 1 aromatic rings. The highest BCUT2D eigenvalue weighted by atomic mass is 79.9. The van der Waals surface area contributed by atoms with Crippen LogP contribution in [0.4, 0.5) is 5.69 Å². The van der Waals surface area contributed by atoms with Crippen LogP contribution in [0, 0.1) is 5.92 Å². The molecule has 1 aliphatic heterocycles. The van der Waals surface area contributed by atoms with E-state index >= 15 is 0 Å². The van der Waals surface area contributed by atoms with E-state index in [4.69, 9.17) is 0 Å². The van der Waals surface area contributed by atoms with Gasteiger partial charge in [-0.05, 0) is 59.4 Å². The number of anilines is 1. The molecule has 0 bridgehead atoms. The number of hydrogen-bond acceptors (Lipinski definition) is 2. The molecular weight excluding hydrogens is 276 g/mol. The number of nitrogens with zero attached hydrogens (tertiary/aromatic N) is 1. The van der Waals surface area contributed by atoms with E-state index in [2.05, 4.69) is 51.3 Å². The Morgan fingerprint density at radius 2 is 2.06 bits per heavy atom. The van der Waals surface area contributed by atoms with Crippen LogP contribution < -0.4 is 10.2 Å². The van der Waals surface area contributed by atoms with Gasteiger partial charge in [-0.1, -0.05) is 13.0 Å². The maximum absolute atomic E-state index is 3.70. The zero-order valence-corrected chi connectivity index (χ0v) is 12.3. The summed E-state index contributed by atoms with van der Waals surface area (Å²) in [6.45, 7) is 5.65. The molecule has 1 saturated heterocycles. The monoisotopic (exact) mass is 296 g/mol. The van der Waals surface area contributed by atoms with Gasteiger partial charge in [0.15, 0.2) is 0 Å². The van der Waals surface area contributed by atoms with Crippen molar-refractivity contribution in [1.82, 2.24) is 5.32 Å². The number of nitrogens with one attached hydrogen (secondary N) is 1. The largest absolute Gasteiger partial charge is 0.371 e. The minimum atomic E-state index is 0.883. The normalized spacial score (nSPS) is 17.5. The maximum atomic E-state index is 3.70. The van der Waals surface area contributed by atoms with Crippen molar-refractivity contribution in [3.05, 3.63) is 28.2 Å². The lowest BCUT2D eigenvalue weighted by Crippen LogP contribution is -2.33. The Labute approximate surface area is 113 Å². The van der Waals surface area contributed by atoms with Gasteiger partial charge in [0.2, 0.25) is 0 Å². The SMILES string of the molecule is CNCc1ccc(N2CCC(C)CC2)c(Br)c1. The Balaban J connectivity index is 2.10. The lowest BCUT2D eigenvalue weighted by atomic mass is 9.99. The van der Waals surface area contributed by atoms with Crippen LogP contribution in [0.25, 0.3) is 0 Å². The van der Waals surface area contributed by atoms with Crippen molar-refractivity contribution in [2.75, 3.05) is 25.0 Å². The highest BCUT2D eigenvalue weighted by Gasteiger charge is 2.17. The molecule has 94 valence electrons. The smallest absolute Gasteiger partial charge is 0.0510 e. The summed E-state index contributed by atoms with van der Waals surface area (Å²) < 4.78 is 1.22. The Bertz CT molecular complexity index is 370. The van der Waals surface area contributed by atoms with E-state index in [1.54, 1.807) is 0 Å². The van der Waals surface area contributed by atoms with E-state index in [0.29, 0.717) is 0 Å². The third-order valence-corrected chi connectivity index (χ3v) is 4.15. The average molecular weight is 297 g/mol. The van der Waals surface area contributed by atoms with E-state index in [9.17, 15) is 0 Å². The van der Waals surface area contributed by atoms with Crippen LogP contribution in [-0.2, 0) is 6.54 Å². The first-order chi connectivity index (χ1) is 8.20. The first kappa shape index (κ1) is 12.9. The van der Waals surface area contributed by atoms with Crippen molar-refractivity contribution in [3.8, 4) is 0 Å². The number of rotatable bonds is 3. The molecule has 1 aromatic carbocycles. The quantitative estimate of drug-likeness (QED) is 0.920. The topological polar surface area (TPSA) is 15.3 Å². The van der Waals surface area contributed by atoms with Gasteiger partial charge in [0.1, 0.15) is 0 Å². The second kappa shape index (κ2) is 5.87. The molecule has 0 aromatic heterocycles. The summed E-state index contributed by atoms with van der Waals surface area (Å²) >= 11 is 3.70. The molecule has 0 saturated carbocycles. The Kier molecular flexibility index (Phi) is 4.46. The van der Waals surface area contributed by atoms with Crippen LogP contribution in [0.15, 0.2) is 22.7 Å². The third-order valence-electron chi connectivity index (χ3n) is 3.52. The predicted molar refractivity (Wildman–Crippen MR) is 77.5 cm³/mol. The molecule has 0 atom stereocenters. The maximum Gasteiger partial charge on any atom is 0.0510 e. The number of hydrogen-bond donors (Lipinski definition) is 1. The predicted octanol–water partition coefficient (Wildman–Crippen LogP) is 3.40. The minimum Gasteiger partial charge on any atom is -0.371 e. The van der Waals surface area contributed by atoms with E-state index < -0.39 is 0 Å². The van der Waals surface area contributed by atoms with E-state index in [1.807, 2.05) is 7.05 Å². The molecule has 0 radical (unpaired) electrons. The van der Waals surface area contributed by atoms with Crippen molar-refractivity contribution in [2.24, 2.45) is 5.92 Å². The van der Waals surface area contributed by atoms with Gasteiger partial charge in [0, 0.05) is 24.1 Å². The van der Waals surface area contributed by atoms with Gasteiger partial charge in [0.25, 0.3) is 0 Å². The van der Waals surface area contributed by atoms with Crippen LogP contribution >= 0.6 is 15.9 Å². The summed E-state index contributed by atoms with van der Waals surface area (Å²) in [5.74, 6) is 0.883. The third kappa shape index (κ3) is 3.23. The van der Waals surface area contributed by atoms with E-state index in [0.717, 1.165) is 12.5 Å². The summed E-state index contributed by atoms with van der Waals surface area (Å²) in [4.78, 5) is 2.49. The van der Waals surface area contributed by atoms with Gasteiger partial charge in [-0.15, -0.1) is 0 Å². The molecule has 0 unspecified atom stereocenters. The number of piperidine rings is 1. The summed E-state index contributed by atoms with van der Waals surface area (Å²) in [5, 5.41) is 3.18. The molecule has 1 N–H and O–H groups in total. The highest BCUT2D eigenvalue weighted by molar-refractivity contribution is 9.10. The first-order valence-corrected chi connectivity index (χ1v) is 7.18. The zero-order valence-electron chi connectivity index (χ0n) is 10.7. The first-order valence-electron chi connectivity index (χ1n) is 6.38. The van der Waals surface area contributed by atoms with Gasteiger partial charge in [-0.2, -0.15) is 0 Å². The lowest BCUT2D eigenvalue weighted by molar-refractivity contribution is 0.438. The Morgan fingerprint density at radius 1 is 1.35 bits per heavy atom. The second-order valence-corrected chi connectivity index (χ2v) is 5.84. The van der Waals surface area contributed by atoms with Gasteiger partial charge in [-0.3, -0.25) is 0 Å². The molecule has 0 aliphatic carbocycles. The number of benzene rings is 1. The molecule has 17 heavy (non-hydrogen) atoms. The zero-order chi connectivity index (χ0) is 12.3. The molecule has 1 fully saturated rings. The van der Waals surface area contributed by atoms with Gasteiger partial charge in [-0.25, -0.2) is 0 Å². The highest BCUT2D eigenvalue weighted by Crippen LogP contribution is 2.30. The molecule has 0 spiro atoms. The Morgan fingerprint density at radius 3 is 2.65 bits per heavy atom. The molecule has 2 rings (SSSR count). The second-order valence-electron chi connectivity index (χ2n) is 4.99. The molecule has 1 aliphatic rings. The average Bonchev–Trinajstić information content (AvgIpc) is 2.31. The fourth-order valence-electron chi connectivity index (χ4n) is 2.37. The molecular formula is C14H21BrN2. The van der Waals surface area contributed by atoms with Crippen molar-refractivity contribution in [1.29, 1.82) is 0 Å². The summed E-state index contributed by atoms with van der Waals surface area (Å²) in [6.07, 6.45) is 2.62. The summed E-state index contributed by atoms with van der Waals surface area (Å²) in [5.41, 5.74) is 2.67. The fraction of sp³-hybridized carbons (Fsp3) is 0.571. The Hall–Kier alpha value is -0.540. The van der Waals surface area contributed by atoms with E-state index in [1.165, 1.54) is 41.7 Å². The van der Waals surface area contributed by atoms with Crippen molar-refractivity contribution in [2.45, 2.75) is 26.3 Å². The molecule has 0 amide bonds. The minimum absolute atomic E-state index is 0.883. The molecule has 1 heterocycles. The molecule has 2 nitrogen and oxygen atoms in total. The van der Waals surface area contributed by atoms with Crippen molar-refractivity contribution < 1.29 is 0 Å². The van der Waals surface area contributed by atoms with Gasteiger partial charge < -0.3 is 10.2 Å². The summed E-state index contributed by atoms with van der Waals surface area (Å²) in [7, 11) is 1.98. The number of halogens is 1. The van der Waals surface area contributed by atoms with Gasteiger partial charge >= 0.3 is 0 Å². The van der Waals surface area contributed by atoms with Crippen LogP contribution in [-0.4, -0.2) is 20.1 Å². The van der Waals surface area contributed by atoms with Crippen LogP contribution in [0.3, 0.4) is 0 Å². The van der Waals surface area contributed by atoms with Crippen molar-refractivity contribution in [3.63, 3.8) is 0 Å². The summed E-state index contributed by atoms with van der Waals surface area (Å²) in [6, 6.07) is 6.69. The lowest BCUT2D eigenvalue weighted by Gasteiger charge is -2.33. The van der Waals surface area contributed by atoms with Gasteiger partial charge in [0.05, 0.1) is 5.69 Å². The van der Waals surface area contributed by atoms with Crippen LogP contribution in [0.1, 0.15) is 25.3 Å². The van der Waals surface area contributed by atoms with Crippen molar-refractivity contribution >= 4 is 21.6 Å². The fourth-order valence-corrected chi connectivity index (χ4v) is 3.05. The van der Waals surface area contributed by atoms with E-state index in [-0.39, 0.29) is 0 Å². The van der Waals surface area contributed by atoms with Crippen LogP contribution in [0.2, 0.25) is 0 Å². The van der Waals surface area contributed by atoms with Crippen LogP contribution in [0.5, 0.6) is 0 Å². The molecule has 3 heteroatoms. The standard InChI is InChI=1S/C14H21BrN2/c1-11-5-7-17(8-6-11)14-4-3-12(10-16-2)9-13(14)15/h3-4,9,11,16H,5-8,10H2,1-2H3.